The van der Waals surface area contributed by atoms with Crippen LogP contribution in [0.3, 0.4) is 0 Å². The monoisotopic (exact) mass is 250 g/mol. The largest absolute Gasteiger partial charge is 0.354 e. The van der Waals surface area contributed by atoms with E-state index >= 15 is 0 Å². The minimum Gasteiger partial charge on any atom is -0.354 e. The molecule has 1 aliphatic rings. The first-order valence-corrected chi connectivity index (χ1v) is 6.12. The molecule has 2 amide bonds. The average Bonchev–Trinajstić information content (AvgIpc) is 2.52. The minimum atomic E-state index is 0.0106. The summed E-state index contributed by atoms with van der Waals surface area (Å²) in [5.74, 6) is 0.0223. The van der Waals surface area contributed by atoms with Gasteiger partial charge in [-0.2, -0.15) is 5.10 Å². The summed E-state index contributed by atoms with van der Waals surface area (Å²) in [5, 5.41) is 7.02. The zero-order valence-corrected chi connectivity index (χ0v) is 10.8. The zero-order chi connectivity index (χ0) is 13.1. The third-order valence-electron chi connectivity index (χ3n) is 3.05. The van der Waals surface area contributed by atoms with Gasteiger partial charge in [0.05, 0.1) is 5.69 Å². The van der Waals surface area contributed by atoms with E-state index in [-0.39, 0.29) is 18.4 Å². The van der Waals surface area contributed by atoms with Crippen molar-refractivity contribution in [1.82, 2.24) is 20.0 Å². The lowest BCUT2D eigenvalue weighted by Crippen LogP contribution is -2.36. The summed E-state index contributed by atoms with van der Waals surface area (Å²) < 4.78 is 1.71. The lowest BCUT2D eigenvalue weighted by atomic mass is 10.3. The van der Waals surface area contributed by atoms with Crippen LogP contribution in [-0.2, 0) is 16.1 Å². The zero-order valence-electron chi connectivity index (χ0n) is 10.8. The van der Waals surface area contributed by atoms with E-state index < -0.39 is 0 Å². The van der Waals surface area contributed by atoms with Crippen molar-refractivity contribution in [1.29, 1.82) is 0 Å². The van der Waals surface area contributed by atoms with E-state index in [1.807, 2.05) is 19.9 Å². The maximum Gasteiger partial charge on any atom is 0.244 e. The number of hydrogen-bond donors (Lipinski definition) is 1. The van der Waals surface area contributed by atoms with Crippen LogP contribution in [0.5, 0.6) is 0 Å². The highest BCUT2D eigenvalue weighted by molar-refractivity contribution is 5.80. The number of hydrogen-bond acceptors (Lipinski definition) is 3. The molecule has 1 aromatic rings. The molecule has 0 aromatic carbocycles. The van der Waals surface area contributed by atoms with Gasteiger partial charge in [0.15, 0.2) is 0 Å². The Labute approximate surface area is 106 Å². The van der Waals surface area contributed by atoms with Gasteiger partial charge in [0.2, 0.25) is 11.8 Å². The van der Waals surface area contributed by atoms with Crippen molar-refractivity contribution in [2.45, 2.75) is 26.8 Å². The minimum absolute atomic E-state index is 0.0106. The summed E-state index contributed by atoms with van der Waals surface area (Å²) in [6.07, 6.45) is 0.378. The highest BCUT2D eigenvalue weighted by Gasteiger charge is 2.19. The molecule has 0 aliphatic carbocycles. The van der Waals surface area contributed by atoms with Crippen molar-refractivity contribution >= 4 is 11.8 Å². The Morgan fingerprint density at radius 3 is 2.89 bits per heavy atom. The van der Waals surface area contributed by atoms with E-state index in [0.29, 0.717) is 26.1 Å². The summed E-state index contributed by atoms with van der Waals surface area (Å²) in [6.45, 7) is 5.67. The molecular formula is C12H18N4O2. The number of nitrogens with one attached hydrogen (secondary N) is 1. The number of rotatable bonds is 2. The molecule has 6 heteroatoms. The number of nitrogens with zero attached hydrogens (tertiary/aromatic N) is 3. The molecule has 0 saturated carbocycles. The Hall–Kier alpha value is -1.85. The highest BCUT2D eigenvalue weighted by atomic mass is 16.2. The van der Waals surface area contributed by atoms with E-state index in [9.17, 15) is 9.59 Å². The van der Waals surface area contributed by atoms with Crippen molar-refractivity contribution in [3.63, 3.8) is 0 Å². The first kappa shape index (κ1) is 12.6. The van der Waals surface area contributed by atoms with Crippen LogP contribution in [0, 0.1) is 13.8 Å². The average molecular weight is 250 g/mol. The number of aryl methyl sites for hydroxylation is 2. The van der Waals surface area contributed by atoms with E-state index in [4.69, 9.17) is 0 Å². The van der Waals surface area contributed by atoms with Gasteiger partial charge in [0.1, 0.15) is 6.54 Å². The topological polar surface area (TPSA) is 67.2 Å². The SMILES string of the molecule is Cc1cc(C)n(CC(=O)N2CCNC(=O)CC2)n1. The van der Waals surface area contributed by atoms with Crippen LogP contribution in [0.2, 0.25) is 0 Å². The molecule has 0 atom stereocenters. The van der Waals surface area contributed by atoms with Crippen molar-refractivity contribution in [3.05, 3.63) is 17.5 Å². The number of amides is 2. The molecule has 18 heavy (non-hydrogen) atoms. The highest BCUT2D eigenvalue weighted by Crippen LogP contribution is 2.04. The fraction of sp³-hybridized carbons (Fsp3) is 0.583. The summed E-state index contributed by atoms with van der Waals surface area (Å²) in [5.41, 5.74) is 1.89. The van der Waals surface area contributed by atoms with Crippen LogP contribution in [-0.4, -0.2) is 46.1 Å². The molecule has 2 rings (SSSR count). The van der Waals surface area contributed by atoms with Crippen molar-refractivity contribution in [2.75, 3.05) is 19.6 Å². The summed E-state index contributed by atoms with van der Waals surface area (Å²) in [6, 6.07) is 1.95. The van der Waals surface area contributed by atoms with Crippen molar-refractivity contribution < 1.29 is 9.59 Å². The summed E-state index contributed by atoms with van der Waals surface area (Å²) in [7, 11) is 0. The molecule has 1 saturated heterocycles. The van der Waals surface area contributed by atoms with Crippen molar-refractivity contribution in [2.24, 2.45) is 0 Å². The smallest absolute Gasteiger partial charge is 0.244 e. The molecule has 1 aromatic heterocycles. The van der Waals surface area contributed by atoms with Gasteiger partial charge in [0, 0.05) is 31.7 Å². The Morgan fingerprint density at radius 2 is 2.22 bits per heavy atom. The van der Waals surface area contributed by atoms with E-state index in [0.717, 1.165) is 11.4 Å². The third-order valence-corrected chi connectivity index (χ3v) is 3.05. The van der Waals surface area contributed by atoms with Crippen LogP contribution in [0.1, 0.15) is 17.8 Å². The Kier molecular flexibility index (Phi) is 3.64. The van der Waals surface area contributed by atoms with Gasteiger partial charge in [-0.05, 0) is 19.9 Å². The van der Waals surface area contributed by atoms with Gasteiger partial charge in [-0.1, -0.05) is 0 Å². The molecule has 2 heterocycles. The second-order valence-corrected chi connectivity index (χ2v) is 4.57. The van der Waals surface area contributed by atoms with Crippen LogP contribution >= 0.6 is 0 Å². The molecule has 0 spiro atoms. The van der Waals surface area contributed by atoms with Crippen LogP contribution < -0.4 is 5.32 Å². The molecular weight excluding hydrogens is 232 g/mol. The summed E-state index contributed by atoms with van der Waals surface area (Å²) in [4.78, 5) is 25.0. The van der Waals surface area contributed by atoms with E-state index in [1.165, 1.54) is 0 Å². The fourth-order valence-electron chi connectivity index (χ4n) is 2.08. The summed E-state index contributed by atoms with van der Waals surface area (Å²) >= 11 is 0. The van der Waals surface area contributed by atoms with Gasteiger partial charge >= 0.3 is 0 Å². The number of aromatic nitrogens is 2. The molecule has 0 unspecified atom stereocenters. The molecule has 6 nitrogen and oxygen atoms in total. The van der Waals surface area contributed by atoms with Crippen molar-refractivity contribution in [3.8, 4) is 0 Å². The predicted octanol–water partition coefficient (Wildman–Crippen LogP) is -0.152. The lowest BCUT2D eigenvalue weighted by molar-refractivity contribution is -0.131. The molecule has 98 valence electrons. The van der Waals surface area contributed by atoms with Crippen LogP contribution in [0.4, 0.5) is 0 Å². The van der Waals surface area contributed by atoms with E-state index in [2.05, 4.69) is 10.4 Å². The van der Waals surface area contributed by atoms with Crippen LogP contribution in [0.15, 0.2) is 6.07 Å². The van der Waals surface area contributed by atoms with E-state index in [1.54, 1.807) is 9.58 Å². The Balaban J connectivity index is 1.99. The van der Waals surface area contributed by atoms with Gasteiger partial charge in [-0.15, -0.1) is 0 Å². The standard InChI is InChI=1S/C12H18N4O2/c1-9-7-10(2)16(14-9)8-12(18)15-5-3-11(17)13-4-6-15/h7H,3-6,8H2,1-2H3,(H,13,17). The first-order chi connectivity index (χ1) is 8.56. The van der Waals surface area contributed by atoms with Crippen LogP contribution in [0.25, 0.3) is 0 Å². The molecule has 1 N–H and O–H groups in total. The molecule has 0 radical (unpaired) electrons. The fourth-order valence-corrected chi connectivity index (χ4v) is 2.08. The quantitative estimate of drug-likeness (QED) is 0.793. The normalized spacial score (nSPS) is 16.3. The third kappa shape index (κ3) is 2.88. The predicted molar refractivity (Wildman–Crippen MR) is 65.9 cm³/mol. The molecule has 1 aliphatic heterocycles. The van der Waals surface area contributed by atoms with Gasteiger partial charge < -0.3 is 10.2 Å². The number of carbonyl (C=O) groups excluding carboxylic acids is 2. The maximum atomic E-state index is 12.1. The second-order valence-electron chi connectivity index (χ2n) is 4.57. The van der Waals surface area contributed by atoms with Gasteiger partial charge in [-0.3, -0.25) is 14.3 Å². The lowest BCUT2D eigenvalue weighted by Gasteiger charge is -2.19. The molecule has 0 bridgehead atoms. The van der Waals surface area contributed by atoms with Gasteiger partial charge in [0.25, 0.3) is 0 Å². The maximum absolute atomic E-state index is 12.1. The second kappa shape index (κ2) is 5.20. The first-order valence-electron chi connectivity index (χ1n) is 6.12. The number of carbonyl (C=O) groups is 2. The Bertz CT molecular complexity index is 467. The van der Waals surface area contributed by atoms with Gasteiger partial charge in [-0.25, -0.2) is 0 Å². The Morgan fingerprint density at radius 1 is 1.44 bits per heavy atom. The molecule has 1 fully saturated rings.